The predicted octanol–water partition coefficient (Wildman–Crippen LogP) is 1.60. The van der Waals surface area contributed by atoms with Crippen molar-refractivity contribution in [3.8, 4) is 5.75 Å². The molecule has 0 fully saturated rings. The number of phenols is 1. The van der Waals surface area contributed by atoms with Crippen LogP contribution in [0.3, 0.4) is 0 Å². The van der Waals surface area contributed by atoms with Crippen LogP contribution in [0.2, 0.25) is 0 Å². The normalized spacial score (nSPS) is 12.8. The molecule has 0 saturated heterocycles. The van der Waals surface area contributed by atoms with Gasteiger partial charge in [-0.1, -0.05) is 19.1 Å². The van der Waals surface area contributed by atoms with Gasteiger partial charge in [0, 0.05) is 7.11 Å². The van der Waals surface area contributed by atoms with Gasteiger partial charge in [0.05, 0.1) is 6.61 Å². The van der Waals surface area contributed by atoms with E-state index in [1.54, 1.807) is 13.2 Å². The Hall–Kier alpha value is -1.06. The lowest BCUT2D eigenvalue weighted by atomic mass is 9.99. The molecule has 1 aromatic carbocycles. The quantitative estimate of drug-likeness (QED) is 0.767. The third-order valence-electron chi connectivity index (χ3n) is 2.29. The van der Waals surface area contributed by atoms with Gasteiger partial charge in [-0.15, -0.1) is 0 Å². The monoisotopic (exact) mass is 195 g/mol. The molecule has 0 heterocycles. The van der Waals surface area contributed by atoms with Gasteiger partial charge < -0.3 is 15.6 Å². The van der Waals surface area contributed by atoms with Gasteiger partial charge in [0.25, 0.3) is 0 Å². The maximum atomic E-state index is 9.71. The Labute approximate surface area is 84.5 Å². The highest BCUT2D eigenvalue weighted by Crippen LogP contribution is 2.26. The summed E-state index contributed by atoms with van der Waals surface area (Å²) < 4.78 is 4.97. The molecule has 78 valence electrons. The van der Waals surface area contributed by atoms with Crippen LogP contribution in [0, 0.1) is 0 Å². The molecule has 3 heteroatoms. The second-order valence-corrected chi connectivity index (χ2v) is 3.46. The van der Waals surface area contributed by atoms with E-state index in [-0.39, 0.29) is 5.92 Å². The molecular formula is C11H17NO2. The van der Waals surface area contributed by atoms with E-state index in [2.05, 4.69) is 0 Å². The largest absolute Gasteiger partial charge is 0.508 e. The molecule has 0 aliphatic heterocycles. The molecule has 0 radical (unpaired) electrons. The first-order chi connectivity index (χ1) is 6.69. The van der Waals surface area contributed by atoms with Crippen molar-refractivity contribution in [2.75, 3.05) is 13.7 Å². The number of nitrogens with two attached hydrogens (primary N) is 1. The minimum atomic E-state index is 0.187. The number of phenolic OH excluding ortho intramolecular Hbond substituents is 1. The second kappa shape index (κ2) is 4.98. The average molecular weight is 195 g/mol. The fourth-order valence-electron chi connectivity index (χ4n) is 1.39. The van der Waals surface area contributed by atoms with Crippen molar-refractivity contribution in [1.82, 2.24) is 0 Å². The van der Waals surface area contributed by atoms with Crippen LogP contribution >= 0.6 is 0 Å². The van der Waals surface area contributed by atoms with Crippen LogP contribution in [0.1, 0.15) is 24.0 Å². The van der Waals surface area contributed by atoms with E-state index < -0.39 is 0 Å². The molecule has 14 heavy (non-hydrogen) atoms. The summed E-state index contributed by atoms with van der Waals surface area (Å²) in [6, 6.07) is 5.58. The summed E-state index contributed by atoms with van der Waals surface area (Å²) in [5, 5.41) is 9.71. The summed E-state index contributed by atoms with van der Waals surface area (Å²) in [6.45, 7) is 3.05. The summed E-state index contributed by atoms with van der Waals surface area (Å²) in [4.78, 5) is 0. The molecule has 1 rings (SSSR count). The summed E-state index contributed by atoms with van der Waals surface area (Å²) in [5.41, 5.74) is 7.40. The maximum Gasteiger partial charge on any atom is 0.119 e. The van der Waals surface area contributed by atoms with Crippen molar-refractivity contribution in [3.63, 3.8) is 0 Å². The molecule has 0 spiro atoms. The van der Waals surface area contributed by atoms with E-state index in [0.29, 0.717) is 18.9 Å². The SMILES string of the molecule is COCc1ccc(C(C)CN)c(O)c1. The molecular weight excluding hydrogens is 178 g/mol. The molecule has 0 aliphatic carbocycles. The molecule has 0 saturated carbocycles. The maximum absolute atomic E-state index is 9.71. The highest BCUT2D eigenvalue weighted by Gasteiger charge is 2.08. The van der Waals surface area contributed by atoms with Gasteiger partial charge in [0.2, 0.25) is 0 Å². The Kier molecular flexibility index (Phi) is 3.92. The van der Waals surface area contributed by atoms with Crippen molar-refractivity contribution >= 4 is 0 Å². The van der Waals surface area contributed by atoms with Crippen molar-refractivity contribution < 1.29 is 9.84 Å². The minimum absolute atomic E-state index is 0.187. The third-order valence-corrected chi connectivity index (χ3v) is 2.29. The summed E-state index contributed by atoms with van der Waals surface area (Å²) in [5.74, 6) is 0.490. The van der Waals surface area contributed by atoms with Crippen LogP contribution in [-0.2, 0) is 11.3 Å². The molecule has 0 aliphatic rings. The number of methoxy groups -OCH3 is 1. The summed E-state index contributed by atoms with van der Waals surface area (Å²) >= 11 is 0. The molecule has 3 N–H and O–H groups in total. The van der Waals surface area contributed by atoms with Crippen LogP contribution in [0.4, 0.5) is 0 Å². The van der Waals surface area contributed by atoms with Gasteiger partial charge in [0.1, 0.15) is 5.75 Å². The summed E-state index contributed by atoms with van der Waals surface area (Å²) in [7, 11) is 1.63. The lowest BCUT2D eigenvalue weighted by molar-refractivity contribution is 0.184. The second-order valence-electron chi connectivity index (χ2n) is 3.46. The van der Waals surface area contributed by atoms with E-state index in [1.807, 2.05) is 19.1 Å². The highest BCUT2D eigenvalue weighted by atomic mass is 16.5. The molecule has 0 bridgehead atoms. The fraction of sp³-hybridized carbons (Fsp3) is 0.455. The van der Waals surface area contributed by atoms with Crippen LogP contribution in [-0.4, -0.2) is 18.8 Å². The van der Waals surface area contributed by atoms with Crippen LogP contribution < -0.4 is 5.73 Å². The van der Waals surface area contributed by atoms with Crippen molar-refractivity contribution in [2.24, 2.45) is 5.73 Å². The zero-order valence-electron chi connectivity index (χ0n) is 8.66. The number of aromatic hydroxyl groups is 1. The van der Waals surface area contributed by atoms with E-state index in [9.17, 15) is 5.11 Å². The number of rotatable bonds is 4. The average Bonchev–Trinajstić information content (AvgIpc) is 2.17. The van der Waals surface area contributed by atoms with Crippen LogP contribution in [0.5, 0.6) is 5.75 Å². The van der Waals surface area contributed by atoms with Crippen LogP contribution in [0.15, 0.2) is 18.2 Å². The Bertz CT molecular complexity index is 299. The lowest BCUT2D eigenvalue weighted by Gasteiger charge is -2.12. The Morgan fingerprint density at radius 1 is 1.50 bits per heavy atom. The zero-order chi connectivity index (χ0) is 10.6. The van der Waals surface area contributed by atoms with Gasteiger partial charge in [-0.3, -0.25) is 0 Å². The molecule has 1 unspecified atom stereocenters. The van der Waals surface area contributed by atoms with Crippen molar-refractivity contribution in [2.45, 2.75) is 19.4 Å². The molecule has 1 atom stereocenters. The standard InChI is InChI=1S/C11H17NO2/c1-8(6-12)10-4-3-9(7-14-2)5-11(10)13/h3-5,8,13H,6-7,12H2,1-2H3. The number of hydrogen-bond donors (Lipinski definition) is 2. The van der Waals surface area contributed by atoms with E-state index in [0.717, 1.165) is 11.1 Å². The third kappa shape index (κ3) is 2.47. The summed E-state index contributed by atoms with van der Waals surface area (Å²) in [6.07, 6.45) is 0. The number of benzene rings is 1. The fourth-order valence-corrected chi connectivity index (χ4v) is 1.39. The van der Waals surface area contributed by atoms with Gasteiger partial charge in [-0.25, -0.2) is 0 Å². The Morgan fingerprint density at radius 3 is 2.71 bits per heavy atom. The Morgan fingerprint density at radius 2 is 2.21 bits per heavy atom. The number of ether oxygens (including phenoxy) is 1. The van der Waals surface area contributed by atoms with Gasteiger partial charge in [-0.05, 0) is 29.7 Å². The first-order valence-electron chi connectivity index (χ1n) is 4.69. The molecule has 3 nitrogen and oxygen atoms in total. The first kappa shape index (κ1) is 11.0. The predicted molar refractivity (Wildman–Crippen MR) is 56.3 cm³/mol. The van der Waals surface area contributed by atoms with Crippen molar-refractivity contribution in [3.05, 3.63) is 29.3 Å². The van der Waals surface area contributed by atoms with Gasteiger partial charge >= 0.3 is 0 Å². The van der Waals surface area contributed by atoms with Crippen molar-refractivity contribution in [1.29, 1.82) is 0 Å². The van der Waals surface area contributed by atoms with E-state index in [1.165, 1.54) is 0 Å². The Balaban J connectivity index is 2.89. The van der Waals surface area contributed by atoms with Gasteiger partial charge in [0.15, 0.2) is 0 Å². The molecule has 0 aromatic heterocycles. The highest BCUT2D eigenvalue weighted by molar-refractivity contribution is 5.38. The van der Waals surface area contributed by atoms with Gasteiger partial charge in [-0.2, -0.15) is 0 Å². The molecule has 0 amide bonds. The lowest BCUT2D eigenvalue weighted by Crippen LogP contribution is -2.09. The van der Waals surface area contributed by atoms with E-state index >= 15 is 0 Å². The number of hydrogen-bond acceptors (Lipinski definition) is 3. The topological polar surface area (TPSA) is 55.5 Å². The van der Waals surface area contributed by atoms with Crippen LogP contribution in [0.25, 0.3) is 0 Å². The molecule has 1 aromatic rings. The van der Waals surface area contributed by atoms with E-state index in [4.69, 9.17) is 10.5 Å². The first-order valence-corrected chi connectivity index (χ1v) is 4.69. The zero-order valence-corrected chi connectivity index (χ0v) is 8.66. The smallest absolute Gasteiger partial charge is 0.119 e. The minimum Gasteiger partial charge on any atom is -0.508 e.